The summed E-state index contributed by atoms with van der Waals surface area (Å²) in [5.74, 6) is 0. The molecule has 106 valence electrons. The normalized spacial score (nSPS) is 13.2. The first-order valence-corrected chi connectivity index (χ1v) is 8.16. The average Bonchev–Trinajstić information content (AvgIpc) is 2.38. The maximum Gasteiger partial charge on any atom is 0.242 e. The predicted octanol–water partition coefficient (Wildman–Crippen LogP) is 4.03. The van der Waals surface area contributed by atoms with Crippen molar-refractivity contribution in [2.24, 2.45) is 0 Å². The third-order valence-electron chi connectivity index (χ3n) is 2.81. The summed E-state index contributed by atoms with van der Waals surface area (Å²) in [4.78, 5) is 0.0198. The lowest BCUT2D eigenvalue weighted by Gasteiger charge is -2.15. The molecular formula is C14H13Cl2NO2S. The highest BCUT2D eigenvalue weighted by Gasteiger charge is 2.21. The topological polar surface area (TPSA) is 46.2 Å². The average molecular weight is 330 g/mol. The van der Waals surface area contributed by atoms with Gasteiger partial charge in [0.1, 0.15) is 4.90 Å². The molecule has 0 radical (unpaired) electrons. The summed E-state index contributed by atoms with van der Waals surface area (Å²) in [7, 11) is -3.70. The van der Waals surface area contributed by atoms with Gasteiger partial charge in [0.25, 0.3) is 0 Å². The Morgan fingerprint density at radius 3 is 2.30 bits per heavy atom. The van der Waals surface area contributed by atoms with E-state index in [9.17, 15) is 8.42 Å². The number of hydrogen-bond donors (Lipinski definition) is 1. The maximum atomic E-state index is 12.3. The number of hydrogen-bond acceptors (Lipinski definition) is 2. The van der Waals surface area contributed by atoms with Crippen molar-refractivity contribution in [3.63, 3.8) is 0 Å². The van der Waals surface area contributed by atoms with Crippen molar-refractivity contribution in [3.8, 4) is 0 Å². The molecule has 0 aromatic heterocycles. The maximum absolute atomic E-state index is 12.3. The van der Waals surface area contributed by atoms with Gasteiger partial charge in [-0.1, -0.05) is 53.5 Å². The van der Waals surface area contributed by atoms with Gasteiger partial charge in [-0.3, -0.25) is 0 Å². The summed E-state index contributed by atoms with van der Waals surface area (Å²) in [5.41, 5.74) is 0.876. The van der Waals surface area contributed by atoms with E-state index in [-0.39, 0.29) is 16.0 Å². The number of sulfonamides is 1. The first-order chi connectivity index (χ1) is 9.40. The fourth-order valence-electron chi connectivity index (χ4n) is 1.80. The van der Waals surface area contributed by atoms with Gasteiger partial charge in [0.2, 0.25) is 10.0 Å². The van der Waals surface area contributed by atoms with Crippen LogP contribution < -0.4 is 4.72 Å². The minimum absolute atomic E-state index is 0.0198. The molecule has 2 aromatic rings. The van der Waals surface area contributed by atoms with E-state index < -0.39 is 10.0 Å². The van der Waals surface area contributed by atoms with Crippen LogP contribution in [0.2, 0.25) is 10.0 Å². The smallest absolute Gasteiger partial charge is 0.207 e. The highest BCUT2D eigenvalue weighted by atomic mass is 35.5. The first-order valence-electron chi connectivity index (χ1n) is 5.92. The third-order valence-corrected chi connectivity index (χ3v) is 5.07. The molecule has 0 aliphatic carbocycles. The summed E-state index contributed by atoms with van der Waals surface area (Å²) in [6, 6.07) is 13.2. The minimum atomic E-state index is -3.70. The predicted molar refractivity (Wildman–Crippen MR) is 81.6 cm³/mol. The van der Waals surface area contributed by atoms with Crippen LogP contribution in [-0.4, -0.2) is 8.42 Å². The zero-order valence-corrected chi connectivity index (χ0v) is 13.0. The van der Waals surface area contributed by atoms with Gasteiger partial charge in [-0.05, 0) is 30.7 Å². The molecule has 0 unspecified atom stereocenters. The van der Waals surface area contributed by atoms with E-state index in [2.05, 4.69) is 4.72 Å². The van der Waals surface area contributed by atoms with Crippen molar-refractivity contribution in [2.45, 2.75) is 17.9 Å². The van der Waals surface area contributed by atoms with Crippen molar-refractivity contribution in [2.75, 3.05) is 0 Å². The number of nitrogens with one attached hydrogen (secondary N) is 1. The zero-order chi connectivity index (χ0) is 14.8. The second-order valence-corrected chi connectivity index (χ2v) is 6.85. The summed E-state index contributed by atoms with van der Waals surface area (Å²) < 4.78 is 27.2. The Balaban J connectivity index is 2.28. The molecule has 0 amide bonds. The Labute approximate surface area is 128 Å². The van der Waals surface area contributed by atoms with Crippen molar-refractivity contribution < 1.29 is 8.42 Å². The van der Waals surface area contributed by atoms with Gasteiger partial charge in [0.15, 0.2) is 0 Å². The van der Waals surface area contributed by atoms with E-state index in [4.69, 9.17) is 23.2 Å². The largest absolute Gasteiger partial charge is 0.242 e. The molecule has 0 heterocycles. The summed E-state index contributed by atoms with van der Waals surface area (Å²) >= 11 is 11.7. The van der Waals surface area contributed by atoms with Crippen LogP contribution in [0.4, 0.5) is 0 Å². The molecule has 2 aromatic carbocycles. The molecule has 1 N–H and O–H groups in total. The Bertz CT molecular complexity index is 702. The van der Waals surface area contributed by atoms with Gasteiger partial charge in [-0.15, -0.1) is 0 Å². The second kappa shape index (κ2) is 6.14. The molecule has 0 aliphatic heterocycles. The van der Waals surface area contributed by atoms with E-state index >= 15 is 0 Å². The highest BCUT2D eigenvalue weighted by molar-refractivity contribution is 7.89. The summed E-state index contributed by atoms with van der Waals surface area (Å²) in [6.45, 7) is 1.77. The van der Waals surface area contributed by atoms with Crippen molar-refractivity contribution in [1.29, 1.82) is 0 Å². The summed E-state index contributed by atoms with van der Waals surface area (Å²) in [5, 5.41) is 0.496. The molecule has 0 saturated carbocycles. The van der Waals surface area contributed by atoms with Crippen LogP contribution in [0, 0.1) is 0 Å². The van der Waals surface area contributed by atoms with Gasteiger partial charge in [0.05, 0.1) is 5.02 Å². The van der Waals surface area contributed by atoms with E-state index in [0.29, 0.717) is 5.02 Å². The Morgan fingerprint density at radius 1 is 1.05 bits per heavy atom. The molecule has 2 rings (SSSR count). The zero-order valence-electron chi connectivity index (χ0n) is 10.7. The van der Waals surface area contributed by atoms with Gasteiger partial charge in [-0.25, -0.2) is 13.1 Å². The number of rotatable bonds is 4. The van der Waals surface area contributed by atoms with Crippen LogP contribution >= 0.6 is 23.2 Å². The fraction of sp³-hybridized carbons (Fsp3) is 0.143. The lowest BCUT2D eigenvalue weighted by molar-refractivity contribution is 0.567. The molecular weight excluding hydrogens is 317 g/mol. The van der Waals surface area contributed by atoms with Crippen LogP contribution in [-0.2, 0) is 10.0 Å². The Morgan fingerprint density at radius 2 is 1.70 bits per heavy atom. The van der Waals surface area contributed by atoms with E-state index in [0.717, 1.165) is 5.56 Å². The van der Waals surface area contributed by atoms with Gasteiger partial charge < -0.3 is 0 Å². The molecule has 0 spiro atoms. The van der Waals surface area contributed by atoms with Crippen molar-refractivity contribution in [3.05, 3.63) is 64.1 Å². The minimum Gasteiger partial charge on any atom is -0.207 e. The third kappa shape index (κ3) is 3.52. The van der Waals surface area contributed by atoms with Gasteiger partial charge >= 0.3 is 0 Å². The van der Waals surface area contributed by atoms with Crippen molar-refractivity contribution in [1.82, 2.24) is 4.72 Å². The van der Waals surface area contributed by atoms with Gasteiger partial charge in [0, 0.05) is 11.1 Å². The first kappa shape index (κ1) is 15.3. The van der Waals surface area contributed by atoms with E-state index in [1.807, 2.05) is 30.3 Å². The molecule has 1 atom stereocenters. The molecule has 0 fully saturated rings. The molecule has 20 heavy (non-hydrogen) atoms. The summed E-state index contributed by atoms with van der Waals surface area (Å²) in [6.07, 6.45) is 0. The van der Waals surface area contributed by atoms with Crippen LogP contribution in [0.3, 0.4) is 0 Å². The quantitative estimate of drug-likeness (QED) is 0.920. The molecule has 0 bridgehead atoms. The second-order valence-electron chi connectivity index (χ2n) is 4.33. The van der Waals surface area contributed by atoms with Crippen LogP contribution in [0.15, 0.2) is 53.4 Å². The monoisotopic (exact) mass is 329 g/mol. The number of benzene rings is 2. The van der Waals surface area contributed by atoms with Crippen LogP contribution in [0.5, 0.6) is 0 Å². The molecule has 6 heteroatoms. The van der Waals surface area contributed by atoms with E-state index in [1.165, 1.54) is 18.2 Å². The van der Waals surface area contributed by atoms with E-state index in [1.54, 1.807) is 6.92 Å². The van der Waals surface area contributed by atoms with Crippen LogP contribution in [0.1, 0.15) is 18.5 Å². The highest BCUT2D eigenvalue weighted by Crippen LogP contribution is 2.26. The fourth-order valence-corrected chi connectivity index (χ4v) is 3.80. The van der Waals surface area contributed by atoms with Gasteiger partial charge in [-0.2, -0.15) is 0 Å². The van der Waals surface area contributed by atoms with Crippen LogP contribution in [0.25, 0.3) is 0 Å². The number of halogens is 2. The Kier molecular flexibility index (Phi) is 4.70. The lowest BCUT2D eigenvalue weighted by atomic mass is 10.1. The van der Waals surface area contributed by atoms with Crippen molar-refractivity contribution >= 4 is 33.2 Å². The molecule has 3 nitrogen and oxygen atoms in total. The molecule has 0 aliphatic rings. The Hall–Kier alpha value is -1.07. The SMILES string of the molecule is C[C@@H](NS(=O)(=O)c1ccc(Cl)cc1Cl)c1ccccc1. The lowest BCUT2D eigenvalue weighted by Crippen LogP contribution is -2.27. The molecule has 0 saturated heterocycles. The standard InChI is InChI=1S/C14H13Cl2NO2S/c1-10(11-5-3-2-4-6-11)17-20(18,19)14-8-7-12(15)9-13(14)16/h2-10,17H,1H3/t10-/m1/s1.